The van der Waals surface area contributed by atoms with E-state index in [1.54, 1.807) is 0 Å². The van der Waals surface area contributed by atoms with Gasteiger partial charge in [0.15, 0.2) is 0 Å². The molecular weight excluding hydrogens is 588 g/mol. The van der Waals surface area contributed by atoms with Gasteiger partial charge in [-0.3, -0.25) is 14.4 Å². The molecule has 1 aliphatic rings. The zero-order valence-electron chi connectivity index (χ0n) is 32.6. The van der Waals surface area contributed by atoms with Crippen molar-refractivity contribution in [2.45, 2.75) is 190 Å². The molecule has 0 N–H and O–H groups in total. The Hall–Kier alpha value is -2.37. The smallest absolute Gasteiger partial charge is 0.309 e. The number of benzene rings is 1. The summed E-state index contributed by atoms with van der Waals surface area (Å²) in [6, 6.07) is 10.6. The van der Waals surface area contributed by atoms with Crippen LogP contribution in [0.15, 0.2) is 30.3 Å². The van der Waals surface area contributed by atoms with E-state index in [-0.39, 0.29) is 41.3 Å². The molecule has 6 nitrogen and oxygen atoms in total. The van der Waals surface area contributed by atoms with Crippen LogP contribution in [0.2, 0.25) is 0 Å². The third-order valence-electron chi connectivity index (χ3n) is 9.83. The minimum Gasteiger partial charge on any atom is -0.459 e. The Labute approximate surface area is 289 Å². The standard InChI is InChI=1S/C18H34O4.C13H24O2.C10H14/c1-9-13(3)15(19)21-17(5,6)11-12-18(7,8)22-16(20)14(4)10-2;1-4-11(3)12(14)15-13(5-2)9-7-6-8-10-13;1-3-9(2)10-7-5-4-6-8-10/h13-14H,9-12H2,1-8H3;11H,4-10H2,1-3H3;4-9H,3H2,1-2H3. The van der Waals surface area contributed by atoms with Gasteiger partial charge in [-0.25, -0.2) is 0 Å². The molecule has 2 rings (SSSR count). The SMILES string of the molecule is CCC(C)C(=O)OC(C)(C)CCC(C)(C)OC(=O)C(C)CC.CCC(C)C(=O)OC1(CC)CCCCC1.CCC(C)c1ccccc1. The van der Waals surface area contributed by atoms with Crippen molar-refractivity contribution >= 4 is 17.9 Å². The lowest BCUT2D eigenvalue weighted by atomic mass is 9.82. The van der Waals surface area contributed by atoms with E-state index in [9.17, 15) is 14.4 Å². The molecular formula is C41H72O6. The van der Waals surface area contributed by atoms with Crippen molar-refractivity contribution in [3.05, 3.63) is 35.9 Å². The predicted molar refractivity (Wildman–Crippen MR) is 195 cm³/mol. The molecule has 0 saturated heterocycles. The van der Waals surface area contributed by atoms with Gasteiger partial charge in [-0.05, 0) is 110 Å². The lowest BCUT2D eigenvalue weighted by Crippen LogP contribution is -2.38. The van der Waals surface area contributed by atoms with Gasteiger partial charge in [0, 0.05) is 0 Å². The van der Waals surface area contributed by atoms with Crippen molar-refractivity contribution in [2.24, 2.45) is 17.8 Å². The van der Waals surface area contributed by atoms with Crippen LogP contribution in [0.3, 0.4) is 0 Å². The molecule has 0 aliphatic heterocycles. The summed E-state index contributed by atoms with van der Waals surface area (Å²) in [7, 11) is 0. The Balaban J connectivity index is 0.000000726. The van der Waals surface area contributed by atoms with E-state index in [0.29, 0.717) is 18.8 Å². The van der Waals surface area contributed by atoms with Crippen LogP contribution in [0, 0.1) is 17.8 Å². The molecule has 1 saturated carbocycles. The van der Waals surface area contributed by atoms with Crippen molar-refractivity contribution in [1.82, 2.24) is 0 Å². The molecule has 1 fully saturated rings. The third-order valence-corrected chi connectivity index (χ3v) is 9.83. The maximum Gasteiger partial charge on any atom is 0.309 e. The van der Waals surface area contributed by atoms with Crippen LogP contribution in [0.5, 0.6) is 0 Å². The average Bonchev–Trinajstić information content (AvgIpc) is 3.06. The number of ether oxygens (including phenoxy) is 3. The third kappa shape index (κ3) is 18.1. The number of carbonyl (C=O) groups is 3. The van der Waals surface area contributed by atoms with Crippen molar-refractivity contribution in [2.75, 3.05) is 0 Å². The first kappa shape index (κ1) is 44.6. The van der Waals surface area contributed by atoms with E-state index < -0.39 is 11.2 Å². The molecule has 0 amide bonds. The maximum atomic E-state index is 11.9. The van der Waals surface area contributed by atoms with Gasteiger partial charge in [0.2, 0.25) is 0 Å². The summed E-state index contributed by atoms with van der Waals surface area (Å²) in [5.74, 6) is 0.257. The summed E-state index contributed by atoms with van der Waals surface area (Å²) in [5, 5.41) is 0. The van der Waals surface area contributed by atoms with Crippen LogP contribution in [-0.2, 0) is 28.6 Å². The molecule has 0 heterocycles. The largest absolute Gasteiger partial charge is 0.459 e. The molecule has 1 aromatic rings. The molecule has 4 atom stereocenters. The normalized spacial score (nSPS) is 16.9. The van der Waals surface area contributed by atoms with Crippen LogP contribution in [-0.4, -0.2) is 34.7 Å². The Kier molecular flexibility index (Phi) is 21.2. The van der Waals surface area contributed by atoms with Crippen molar-refractivity contribution in [3.63, 3.8) is 0 Å². The molecule has 272 valence electrons. The van der Waals surface area contributed by atoms with E-state index in [1.165, 1.54) is 31.2 Å². The van der Waals surface area contributed by atoms with Gasteiger partial charge in [0.05, 0.1) is 17.8 Å². The highest BCUT2D eigenvalue weighted by molar-refractivity contribution is 5.73. The molecule has 0 spiro atoms. The van der Waals surface area contributed by atoms with Gasteiger partial charge >= 0.3 is 17.9 Å². The summed E-state index contributed by atoms with van der Waals surface area (Å²) >= 11 is 0. The van der Waals surface area contributed by atoms with Crippen molar-refractivity contribution in [1.29, 1.82) is 0 Å². The van der Waals surface area contributed by atoms with E-state index >= 15 is 0 Å². The topological polar surface area (TPSA) is 78.9 Å². The van der Waals surface area contributed by atoms with E-state index in [0.717, 1.165) is 38.5 Å². The van der Waals surface area contributed by atoms with Crippen molar-refractivity contribution in [3.8, 4) is 0 Å². The second kappa shape index (κ2) is 22.3. The van der Waals surface area contributed by atoms with Crippen LogP contribution in [0.1, 0.15) is 179 Å². The number of hydrogen-bond donors (Lipinski definition) is 0. The molecule has 6 heteroatoms. The summed E-state index contributed by atoms with van der Waals surface area (Å²) in [4.78, 5) is 35.6. The number of hydrogen-bond acceptors (Lipinski definition) is 6. The van der Waals surface area contributed by atoms with E-state index in [4.69, 9.17) is 14.2 Å². The minimum atomic E-state index is -0.555. The van der Waals surface area contributed by atoms with E-state index in [2.05, 4.69) is 51.1 Å². The highest BCUT2D eigenvalue weighted by atomic mass is 16.6. The second-order valence-corrected chi connectivity index (χ2v) is 15.0. The molecule has 0 radical (unpaired) electrons. The Morgan fingerprint density at radius 2 is 1.04 bits per heavy atom. The maximum absolute atomic E-state index is 11.9. The lowest BCUT2D eigenvalue weighted by Gasteiger charge is -2.36. The monoisotopic (exact) mass is 661 g/mol. The van der Waals surface area contributed by atoms with Crippen molar-refractivity contribution < 1.29 is 28.6 Å². The molecule has 1 aliphatic carbocycles. The first-order valence-corrected chi connectivity index (χ1v) is 18.6. The minimum absolute atomic E-state index is 0.00116. The fourth-order valence-electron chi connectivity index (χ4n) is 5.01. The fraction of sp³-hybridized carbons (Fsp3) is 0.780. The molecule has 1 aromatic carbocycles. The van der Waals surface area contributed by atoms with Gasteiger partial charge in [-0.2, -0.15) is 0 Å². The van der Waals surface area contributed by atoms with Gasteiger partial charge in [0.1, 0.15) is 16.8 Å². The zero-order chi connectivity index (χ0) is 36.3. The lowest BCUT2D eigenvalue weighted by molar-refractivity contribution is -0.168. The molecule has 0 bridgehead atoms. The summed E-state index contributed by atoms with van der Waals surface area (Å²) in [5.41, 5.74) is 0.213. The number of carbonyl (C=O) groups excluding carboxylic acids is 3. The first-order chi connectivity index (χ1) is 21.9. The number of esters is 3. The Bertz CT molecular complexity index is 972. The van der Waals surface area contributed by atoms with Gasteiger partial charge in [0.25, 0.3) is 0 Å². The Morgan fingerprint density at radius 1 is 0.638 bits per heavy atom. The Morgan fingerprint density at radius 3 is 1.40 bits per heavy atom. The quantitative estimate of drug-likeness (QED) is 0.138. The van der Waals surface area contributed by atoms with Crippen LogP contribution >= 0.6 is 0 Å². The predicted octanol–water partition coefficient (Wildman–Crippen LogP) is 11.4. The van der Waals surface area contributed by atoms with Crippen LogP contribution < -0.4 is 0 Å². The number of rotatable bonds is 15. The molecule has 47 heavy (non-hydrogen) atoms. The summed E-state index contributed by atoms with van der Waals surface area (Å²) in [6.45, 7) is 25.9. The van der Waals surface area contributed by atoms with Gasteiger partial charge in [-0.15, -0.1) is 0 Å². The van der Waals surface area contributed by atoms with Gasteiger partial charge in [-0.1, -0.05) is 99.1 Å². The summed E-state index contributed by atoms with van der Waals surface area (Å²) in [6.07, 6.45) is 11.7. The molecule has 0 aromatic heterocycles. The van der Waals surface area contributed by atoms with Crippen LogP contribution in [0.25, 0.3) is 0 Å². The zero-order valence-corrected chi connectivity index (χ0v) is 32.6. The highest BCUT2D eigenvalue weighted by Gasteiger charge is 2.35. The summed E-state index contributed by atoms with van der Waals surface area (Å²) < 4.78 is 16.9. The first-order valence-electron chi connectivity index (χ1n) is 18.6. The second-order valence-electron chi connectivity index (χ2n) is 15.0. The average molecular weight is 661 g/mol. The fourth-order valence-corrected chi connectivity index (χ4v) is 5.01. The van der Waals surface area contributed by atoms with Gasteiger partial charge < -0.3 is 14.2 Å². The van der Waals surface area contributed by atoms with Crippen LogP contribution in [0.4, 0.5) is 0 Å². The highest BCUT2D eigenvalue weighted by Crippen LogP contribution is 2.35. The molecule has 4 unspecified atom stereocenters. The van der Waals surface area contributed by atoms with E-state index in [1.807, 2.05) is 69.2 Å².